The normalized spacial score (nSPS) is 17.9. The molecule has 1 aliphatic rings. The monoisotopic (exact) mass is 262 g/mol. The summed E-state index contributed by atoms with van der Waals surface area (Å²) < 4.78 is 15.7. The van der Waals surface area contributed by atoms with E-state index in [1.807, 2.05) is 10.6 Å². The van der Waals surface area contributed by atoms with Gasteiger partial charge in [0.1, 0.15) is 5.52 Å². The Morgan fingerprint density at radius 3 is 2.74 bits per heavy atom. The summed E-state index contributed by atoms with van der Waals surface area (Å²) in [6, 6.07) is 5.01. The SMILES string of the molecule is CN(C)C1(Cn2c(N)nc3c(F)cccc32)CCC1. The van der Waals surface area contributed by atoms with Crippen LogP contribution in [0, 0.1) is 5.82 Å². The van der Waals surface area contributed by atoms with Crippen LogP contribution in [-0.2, 0) is 6.54 Å². The molecule has 102 valence electrons. The van der Waals surface area contributed by atoms with Gasteiger partial charge >= 0.3 is 0 Å². The summed E-state index contributed by atoms with van der Waals surface area (Å²) in [5.41, 5.74) is 7.26. The Morgan fingerprint density at radius 1 is 1.42 bits per heavy atom. The number of likely N-dealkylation sites (N-methyl/N-ethyl adjacent to an activating group) is 1. The molecular formula is C14H19FN4. The van der Waals surface area contributed by atoms with Crippen LogP contribution < -0.4 is 5.73 Å². The van der Waals surface area contributed by atoms with Gasteiger partial charge in [-0.15, -0.1) is 0 Å². The Morgan fingerprint density at radius 2 is 2.16 bits per heavy atom. The molecule has 0 amide bonds. The topological polar surface area (TPSA) is 47.1 Å². The number of benzene rings is 1. The van der Waals surface area contributed by atoms with Crippen molar-refractivity contribution in [1.29, 1.82) is 0 Å². The third kappa shape index (κ3) is 1.80. The first-order valence-electron chi connectivity index (χ1n) is 6.61. The highest BCUT2D eigenvalue weighted by Gasteiger charge is 2.40. The molecule has 1 aliphatic carbocycles. The number of halogens is 1. The quantitative estimate of drug-likeness (QED) is 0.922. The van der Waals surface area contributed by atoms with Gasteiger partial charge in [-0.3, -0.25) is 0 Å². The van der Waals surface area contributed by atoms with E-state index < -0.39 is 0 Å². The molecule has 0 radical (unpaired) electrons. The summed E-state index contributed by atoms with van der Waals surface area (Å²) in [6.07, 6.45) is 3.53. The van der Waals surface area contributed by atoms with Crippen molar-refractivity contribution in [3.8, 4) is 0 Å². The molecule has 0 aliphatic heterocycles. The molecule has 0 atom stereocenters. The molecule has 0 bridgehead atoms. The molecular weight excluding hydrogens is 243 g/mol. The molecule has 0 spiro atoms. The van der Waals surface area contributed by atoms with Gasteiger partial charge in [-0.2, -0.15) is 0 Å². The summed E-state index contributed by atoms with van der Waals surface area (Å²) in [6.45, 7) is 0.770. The summed E-state index contributed by atoms with van der Waals surface area (Å²) in [4.78, 5) is 6.41. The van der Waals surface area contributed by atoms with E-state index in [1.54, 1.807) is 6.07 Å². The maximum atomic E-state index is 13.7. The summed E-state index contributed by atoms with van der Waals surface area (Å²) in [5, 5.41) is 0. The average molecular weight is 262 g/mol. The van der Waals surface area contributed by atoms with Crippen molar-refractivity contribution in [1.82, 2.24) is 14.5 Å². The van der Waals surface area contributed by atoms with Gasteiger partial charge in [0, 0.05) is 12.1 Å². The van der Waals surface area contributed by atoms with E-state index in [4.69, 9.17) is 5.73 Å². The van der Waals surface area contributed by atoms with Gasteiger partial charge in [-0.25, -0.2) is 9.37 Å². The molecule has 1 saturated carbocycles. The number of nitrogens with two attached hydrogens (primary N) is 1. The molecule has 1 aromatic heterocycles. The number of hydrogen-bond acceptors (Lipinski definition) is 3. The lowest BCUT2D eigenvalue weighted by Gasteiger charge is -2.47. The van der Waals surface area contributed by atoms with Gasteiger partial charge in [-0.05, 0) is 45.5 Å². The summed E-state index contributed by atoms with van der Waals surface area (Å²) in [7, 11) is 4.18. The fourth-order valence-electron chi connectivity index (χ4n) is 2.92. The highest BCUT2D eigenvalue weighted by atomic mass is 19.1. The van der Waals surface area contributed by atoms with Gasteiger partial charge in [0.15, 0.2) is 5.82 Å². The van der Waals surface area contributed by atoms with Crippen LogP contribution in [0.2, 0.25) is 0 Å². The van der Waals surface area contributed by atoms with Gasteiger partial charge in [-0.1, -0.05) is 6.07 Å². The first kappa shape index (κ1) is 12.4. The van der Waals surface area contributed by atoms with Gasteiger partial charge in [0.05, 0.1) is 5.52 Å². The molecule has 1 heterocycles. The van der Waals surface area contributed by atoms with E-state index in [9.17, 15) is 4.39 Å². The minimum absolute atomic E-state index is 0.133. The van der Waals surface area contributed by atoms with Crippen LogP contribution >= 0.6 is 0 Å². The van der Waals surface area contributed by atoms with Crippen LogP contribution in [0.3, 0.4) is 0 Å². The first-order valence-corrected chi connectivity index (χ1v) is 6.61. The summed E-state index contributed by atoms with van der Waals surface area (Å²) >= 11 is 0. The van der Waals surface area contributed by atoms with Crippen LogP contribution in [0.1, 0.15) is 19.3 Å². The van der Waals surface area contributed by atoms with Crippen LogP contribution in [0.25, 0.3) is 11.0 Å². The van der Waals surface area contributed by atoms with E-state index in [1.165, 1.54) is 12.5 Å². The fraction of sp³-hybridized carbons (Fsp3) is 0.500. The van der Waals surface area contributed by atoms with Crippen molar-refractivity contribution in [3.63, 3.8) is 0 Å². The number of aromatic nitrogens is 2. The van der Waals surface area contributed by atoms with Crippen molar-refractivity contribution < 1.29 is 4.39 Å². The zero-order valence-electron chi connectivity index (χ0n) is 11.4. The van der Waals surface area contributed by atoms with E-state index in [0.29, 0.717) is 11.5 Å². The highest BCUT2D eigenvalue weighted by Crippen LogP contribution is 2.39. The fourth-order valence-corrected chi connectivity index (χ4v) is 2.92. The Kier molecular flexibility index (Phi) is 2.74. The molecule has 1 aromatic carbocycles. The molecule has 0 saturated heterocycles. The number of hydrogen-bond donors (Lipinski definition) is 1. The molecule has 2 N–H and O–H groups in total. The maximum Gasteiger partial charge on any atom is 0.201 e. The van der Waals surface area contributed by atoms with Crippen LogP contribution in [0.5, 0.6) is 0 Å². The second kappa shape index (κ2) is 4.20. The van der Waals surface area contributed by atoms with Crippen molar-refractivity contribution in [3.05, 3.63) is 24.0 Å². The minimum Gasteiger partial charge on any atom is -0.369 e. The van der Waals surface area contributed by atoms with Crippen molar-refractivity contribution >= 4 is 17.0 Å². The third-order valence-corrected chi connectivity index (χ3v) is 4.44. The van der Waals surface area contributed by atoms with Crippen molar-refractivity contribution in [2.45, 2.75) is 31.3 Å². The molecule has 3 rings (SSSR count). The van der Waals surface area contributed by atoms with Gasteiger partial charge in [0.25, 0.3) is 0 Å². The van der Waals surface area contributed by atoms with Crippen LogP contribution in [-0.4, -0.2) is 34.1 Å². The number of imidazole rings is 1. The van der Waals surface area contributed by atoms with Gasteiger partial charge in [0.2, 0.25) is 5.95 Å². The lowest BCUT2D eigenvalue weighted by Crippen LogP contribution is -2.53. The summed E-state index contributed by atoms with van der Waals surface area (Å²) in [5.74, 6) is 0.0867. The minimum atomic E-state index is -0.310. The second-order valence-electron chi connectivity index (χ2n) is 5.64. The van der Waals surface area contributed by atoms with Crippen molar-refractivity contribution in [2.24, 2.45) is 0 Å². The van der Waals surface area contributed by atoms with E-state index in [0.717, 1.165) is 24.9 Å². The molecule has 5 heteroatoms. The predicted molar refractivity (Wildman–Crippen MR) is 74.4 cm³/mol. The Labute approximate surface area is 112 Å². The Hall–Kier alpha value is -1.62. The smallest absolute Gasteiger partial charge is 0.201 e. The third-order valence-electron chi connectivity index (χ3n) is 4.44. The zero-order valence-corrected chi connectivity index (χ0v) is 11.4. The molecule has 1 fully saturated rings. The van der Waals surface area contributed by atoms with E-state index in [-0.39, 0.29) is 11.4 Å². The molecule has 0 unspecified atom stereocenters. The maximum absolute atomic E-state index is 13.7. The Bertz CT molecular complexity index is 613. The number of fused-ring (bicyclic) bond motifs is 1. The Balaban J connectivity index is 2.06. The number of anilines is 1. The van der Waals surface area contributed by atoms with E-state index in [2.05, 4.69) is 24.0 Å². The number of rotatable bonds is 3. The zero-order chi connectivity index (χ0) is 13.6. The van der Waals surface area contributed by atoms with E-state index >= 15 is 0 Å². The molecule has 4 nitrogen and oxygen atoms in total. The number of nitrogens with zero attached hydrogens (tertiary/aromatic N) is 3. The molecule has 19 heavy (non-hydrogen) atoms. The predicted octanol–water partition coefficient (Wildman–Crippen LogP) is 2.24. The highest BCUT2D eigenvalue weighted by molar-refractivity contribution is 5.78. The van der Waals surface area contributed by atoms with Crippen LogP contribution in [0.4, 0.5) is 10.3 Å². The van der Waals surface area contributed by atoms with Crippen LogP contribution in [0.15, 0.2) is 18.2 Å². The lowest BCUT2D eigenvalue weighted by atomic mass is 9.75. The van der Waals surface area contributed by atoms with Gasteiger partial charge < -0.3 is 15.2 Å². The molecule has 2 aromatic rings. The number of nitrogen functional groups attached to an aromatic ring is 1. The standard InChI is InChI=1S/C14H19FN4/c1-18(2)14(7-4-8-14)9-19-11-6-3-5-10(15)12(11)17-13(19)16/h3,5-6H,4,7-9H2,1-2H3,(H2,16,17). The second-order valence-corrected chi connectivity index (χ2v) is 5.64. The van der Waals surface area contributed by atoms with Crippen molar-refractivity contribution in [2.75, 3.05) is 19.8 Å². The lowest BCUT2D eigenvalue weighted by molar-refractivity contribution is 0.0440. The average Bonchev–Trinajstić information content (AvgIpc) is 2.61. The number of para-hydroxylation sites is 1. The first-order chi connectivity index (χ1) is 9.03. The largest absolute Gasteiger partial charge is 0.369 e.